The van der Waals surface area contributed by atoms with Crippen LogP contribution >= 0.6 is 23.5 Å². The van der Waals surface area contributed by atoms with Crippen molar-refractivity contribution in [2.75, 3.05) is 58.1 Å². The van der Waals surface area contributed by atoms with E-state index in [1.807, 2.05) is 81.4 Å². The number of carbonyl (C=O) groups is 6. The predicted molar refractivity (Wildman–Crippen MR) is 381 cm³/mol. The molecule has 0 unspecified atom stereocenters. The molecule has 100 heavy (non-hydrogen) atoms. The Kier molecular flexibility index (Phi) is 26.0. The molecule has 0 atom stereocenters. The van der Waals surface area contributed by atoms with Crippen LogP contribution in [0.4, 0.5) is 49.1 Å². The highest BCUT2D eigenvalue weighted by atomic mass is 32.2. The maximum absolute atomic E-state index is 13.6. The van der Waals surface area contributed by atoms with Crippen molar-refractivity contribution in [1.82, 2.24) is 20.6 Å². The van der Waals surface area contributed by atoms with Gasteiger partial charge in [-0.2, -0.15) is 49.9 Å². The van der Waals surface area contributed by atoms with Gasteiger partial charge in [0, 0.05) is 119 Å². The first kappa shape index (κ1) is 74.5. The summed E-state index contributed by atoms with van der Waals surface area (Å²) in [7, 11) is 0. The number of benzene rings is 6. The predicted octanol–water partition coefficient (Wildman–Crippen LogP) is 16.6. The number of carbonyl (C=O) groups excluding carboxylic acids is 5. The van der Waals surface area contributed by atoms with E-state index in [9.17, 15) is 55.1 Å². The van der Waals surface area contributed by atoms with E-state index in [4.69, 9.17) is 9.84 Å². The molecule has 10 rings (SSSR count). The Morgan fingerprint density at radius 1 is 0.470 bits per heavy atom. The van der Waals surface area contributed by atoms with Crippen LogP contribution in [0.25, 0.3) is 22.5 Å². The van der Waals surface area contributed by atoms with Crippen molar-refractivity contribution in [3.8, 4) is 22.5 Å². The molecule has 8 aromatic rings. The molecule has 2 aliphatic heterocycles. The number of aromatic nitrogens is 2. The molecule has 2 aromatic heterocycles. The van der Waals surface area contributed by atoms with Crippen molar-refractivity contribution in [3.63, 3.8) is 0 Å². The topological polar surface area (TPSA) is 212 Å². The Balaban J connectivity index is 0.000000234. The van der Waals surface area contributed by atoms with Gasteiger partial charge < -0.3 is 40.9 Å². The van der Waals surface area contributed by atoms with E-state index in [-0.39, 0.29) is 48.4 Å². The largest absolute Gasteiger partial charge is 0.481 e. The van der Waals surface area contributed by atoms with Gasteiger partial charge in [-0.15, -0.1) is 0 Å². The lowest BCUT2D eigenvalue weighted by atomic mass is 10.0. The number of alkyl halides is 6. The number of carboxylic acids is 1. The Morgan fingerprint density at radius 2 is 0.870 bits per heavy atom. The molecular formula is C76H78F6N8O8S2. The smallest absolute Gasteiger partial charge is 0.416 e. The van der Waals surface area contributed by atoms with E-state index in [0.29, 0.717) is 85.6 Å². The van der Waals surface area contributed by atoms with Crippen molar-refractivity contribution >= 4 is 81.8 Å². The first-order chi connectivity index (χ1) is 47.8. The minimum absolute atomic E-state index is 0.0633. The third kappa shape index (κ3) is 22.4. The maximum Gasteiger partial charge on any atom is 0.416 e. The highest BCUT2D eigenvalue weighted by Gasteiger charge is 2.32. The summed E-state index contributed by atoms with van der Waals surface area (Å²) < 4.78 is 84.4. The number of ether oxygens (including phenoxy) is 1. The fraction of sp³-hybridized carbons (Fsp3) is 0.316. The lowest BCUT2D eigenvalue weighted by Crippen LogP contribution is -2.29. The Hall–Kier alpha value is -9.68. The lowest BCUT2D eigenvalue weighted by molar-refractivity contribution is -0.154. The molecule has 0 bridgehead atoms. The van der Waals surface area contributed by atoms with E-state index in [2.05, 4.69) is 41.0 Å². The van der Waals surface area contributed by atoms with Gasteiger partial charge in [0.1, 0.15) is 5.60 Å². The Labute approximate surface area is 585 Å². The minimum Gasteiger partial charge on any atom is -0.481 e. The molecular weight excluding hydrogens is 1330 g/mol. The number of carboxylic acid groups (broad SMARTS) is 1. The Morgan fingerprint density at radius 3 is 1.28 bits per heavy atom. The summed E-state index contributed by atoms with van der Waals surface area (Å²) >= 11 is 3.06. The molecule has 24 heteroatoms. The van der Waals surface area contributed by atoms with Gasteiger partial charge in [0.15, 0.2) is 0 Å². The van der Waals surface area contributed by atoms with Crippen LogP contribution in [-0.2, 0) is 51.3 Å². The van der Waals surface area contributed by atoms with Crippen LogP contribution in [-0.4, -0.2) is 93.9 Å². The third-order valence-electron chi connectivity index (χ3n) is 16.2. The molecule has 4 heterocycles. The zero-order chi connectivity index (χ0) is 71.4. The number of amides is 4. The number of aliphatic carboxylic acids is 1. The van der Waals surface area contributed by atoms with Gasteiger partial charge in [0.25, 0.3) is 23.6 Å². The van der Waals surface area contributed by atoms with Crippen molar-refractivity contribution in [2.24, 2.45) is 0 Å². The summed E-state index contributed by atoms with van der Waals surface area (Å²) in [6, 6.07) is 41.9. The second-order valence-corrected chi connectivity index (χ2v) is 27.3. The molecule has 0 radical (unpaired) electrons. The van der Waals surface area contributed by atoms with Gasteiger partial charge in [-0.1, -0.05) is 48.5 Å². The normalized spacial score (nSPS) is 13.3. The number of nitrogens with one attached hydrogen (secondary N) is 4. The van der Waals surface area contributed by atoms with Crippen molar-refractivity contribution < 1.29 is 65.0 Å². The summed E-state index contributed by atoms with van der Waals surface area (Å²) in [5, 5.41) is 20.3. The molecule has 16 nitrogen and oxygen atoms in total. The fourth-order valence-electron chi connectivity index (χ4n) is 11.2. The van der Waals surface area contributed by atoms with E-state index in [0.717, 1.165) is 111 Å². The molecule has 524 valence electrons. The van der Waals surface area contributed by atoms with Crippen molar-refractivity contribution in [2.45, 2.75) is 115 Å². The highest BCUT2D eigenvalue weighted by molar-refractivity contribution is 7.98. The molecule has 2 aliphatic rings. The second-order valence-electron chi connectivity index (χ2n) is 25.1. The van der Waals surface area contributed by atoms with Crippen molar-refractivity contribution in [3.05, 3.63) is 226 Å². The number of nitrogens with zero attached hydrogens (tertiary/aromatic N) is 4. The molecule has 2 saturated heterocycles. The van der Waals surface area contributed by atoms with Gasteiger partial charge in [-0.25, -0.2) is 0 Å². The summed E-state index contributed by atoms with van der Waals surface area (Å²) in [5.41, 5.74) is 6.88. The minimum atomic E-state index is -4.49. The summed E-state index contributed by atoms with van der Waals surface area (Å²) in [6.07, 6.45) is 0.980. The van der Waals surface area contributed by atoms with Crippen LogP contribution < -0.4 is 31.1 Å². The first-order valence-corrected chi connectivity index (χ1v) is 35.1. The van der Waals surface area contributed by atoms with Gasteiger partial charge in [-0.05, 0) is 191 Å². The number of anilines is 4. The van der Waals surface area contributed by atoms with Crippen LogP contribution in [0.15, 0.2) is 170 Å². The zero-order valence-electron chi connectivity index (χ0n) is 55.6. The number of thioether (sulfide) groups is 2. The number of halogens is 6. The highest BCUT2D eigenvalue weighted by Crippen LogP contribution is 2.37. The summed E-state index contributed by atoms with van der Waals surface area (Å²) in [5.74, 6) is -0.465. The van der Waals surface area contributed by atoms with E-state index >= 15 is 0 Å². The van der Waals surface area contributed by atoms with Crippen LogP contribution in [0.3, 0.4) is 0 Å². The van der Waals surface area contributed by atoms with Crippen LogP contribution in [0.5, 0.6) is 0 Å². The third-order valence-corrected chi connectivity index (χ3v) is 18.3. The van der Waals surface area contributed by atoms with Gasteiger partial charge in [0.2, 0.25) is 0 Å². The molecule has 0 aliphatic carbocycles. The molecule has 0 spiro atoms. The Bertz CT molecular complexity index is 4190. The quantitative estimate of drug-likeness (QED) is 0.0216. The van der Waals surface area contributed by atoms with E-state index in [1.165, 1.54) is 60.6 Å². The monoisotopic (exact) mass is 1410 g/mol. The molecule has 6 aromatic carbocycles. The van der Waals surface area contributed by atoms with E-state index < -0.39 is 46.9 Å². The van der Waals surface area contributed by atoms with Gasteiger partial charge in [0.05, 0.1) is 46.7 Å². The summed E-state index contributed by atoms with van der Waals surface area (Å²) in [6.45, 7) is 8.92. The average molecular weight is 1410 g/mol. The molecule has 2 fully saturated rings. The number of hydrogen-bond acceptors (Lipinski definition) is 13. The molecule has 4 amide bonds. The summed E-state index contributed by atoms with van der Waals surface area (Å²) in [4.78, 5) is 89.9. The van der Waals surface area contributed by atoms with Crippen LogP contribution in [0, 0.1) is 0 Å². The van der Waals surface area contributed by atoms with Crippen LogP contribution in [0.2, 0.25) is 0 Å². The molecule has 5 N–H and O–H groups in total. The average Bonchev–Trinajstić information content (AvgIpc) is 0.803. The fourth-order valence-corrected chi connectivity index (χ4v) is 13.0. The number of rotatable bonds is 24. The number of piperidine rings is 2. The SMILES string of the molecule is CC(C)(C)OC(=O)CCSCc1cccc(C(=O)Nc2ccc(N3CCCCC3)cc2-c2cc(C(=O)NCc3cccc(C(F)(F)F)c3)ccn2)c1.O=C(O)CCSCc1cccc(C(=O)Nc2ccc(N3CCCCC3)cc2-c2cc(C(=O)NCc3cccc(C(F)(F)F)c3)ccn2)c1. The number of hydrogen-bond donors (Lipinski definition) is 5. The number of pyridine rings is 2. The molecule has 0 saturated carbocycles. The maximum atomic E-state index is 13.6. The zero-order valence-corrected chi connectivity index (χ0v) is 57.2. The van der Waals surface area contributed by atoms with Crippen molar-refractivity contribution in [1.29, 1.82) is 0 Å². The van der Waals surface area contributed by atoms with Gasteiger partial charge >= 0.3 is 24.3 Å². The van der Waals surface area contributed by atoms with Crippen LogP contribution in [0.1, 0.15) is 147 Å². The number of esters is 1. The second kappa shape index (κ2) is 34.9. The lowest BCUT2D eigenvalue weighted by Gasteiger charge is -2.29. The van der Waals surface area contributed by atoms with Gasteiger partial charge in [-0.3, -0.25) is 38.7 Å². The first-order valence-electron chi connectivity index (χ1n) is 32.8. The standard InChI is InChI=1S/C40H43F3N4O4S.C36H35F3N4O4S/c1-39(2,3)51-36(48)16-20-52-26-28-10-7-11-29(21-28)38(50)46-34-14-13-32(47-18-5-4-6-19-47)24-33(34)35-23-30(15-17-44-35)37(49)45-25-27-9-8-12-31(22-27)40(41,42)43;37-36(38,39)28-9-5-6-24(19-28)22-41-34(46)27-12-14-40-32(20-27)30-21-29(43-15-2-1-3-16-43)10-11-31(30)42-35(47)26-8-4-7-25(18-26)23-48-17-13-33(44)45/h7-15,17,21-24H,4-6,16,18-20,25-26H2,1-3H3,(H,45,49)(H,46,50);4-12,14,18-21H,1-3,13,15-17,22-23H2,(H,41,46)(H,42,47)(H,44,45). The van der Waals surface area contributed by atoms with E-state index in [1.54, 1.807) is 48.2 Å².